The van der Waals surface area contributed by atoms with Gasteiger partial charge in [-0.1, -0.05) is 6.92 Å². The average molecular weight is 365 g/mol. The number of ether oxygens (including phenoxy) is 1. The van der Waals surface area contributed by atoms with Gasteiger partial charge in [-0.3, -0.25) is 4.98 Å². The van der Waals surface area contributed by atoms with Gasteiger partial charge in [-0.15, -0.1) is 0 Å². The molecule has 0 radical (unpaired) electrons. The van der Waals surface area contributed by atoms with Gasteiger partial charge in [-0.05, 0) is 49.0 Å². The highest BCUT2D eigenvalue weighted by molar-refractivity contribution is 6.14. The minimum Gasteiger partial charge on any atom is -0.492 e. The van der Waals surface area contributed by atoms with Gasteiger partial charge in [0.1, 0.15) is 12.4 Å². The Labute approximate surface area is 157 Å². The number of aryl methyl sites for hydroxylation is 2. The summed E-state index contributed by atoms with van der Waals surface area (Å²) in [7, 11) is 1.92. The van der Waals surface area contributed by atoms with E-state index in [2.05, 4.69) is 30.2 Å². The second kappa shape index (κ2) is 7.16. The topological polar surface area (TPSA) is 39.1 Å². The number of aromatic nitrogens is 2. The van der Waals surface area contributed by atoms with Crippen LogP contribution >= 0.6 is 0 Å². The summed E-state index contributed by atoms with van der Waals surface area (Å²) in [6.07, 6.45) is 4.73. The van der Waals surface area contributed by atoms with Crippen LogP contribution in [0.4, 0.5) is 4.39 Å². The van der Waals surface area contributed by atoms with E-state index in [0.717, 1.165) is 52.1 Å². The van der Waals surface area contributed by atoms with Crippen molar-refractivity contribution in [3.05, 3.63) is 48.0 Å². The molecule has 0 aliphatic rings. The number of pyridine rings is 1. The summed E-state index contributed by atoms with van der Waals surface area (Å²) >= 11 is 0. The van der Waals surface area contributed by atoms with Gasteiger partial charge < -0.3 is 14.6 Å². The molecule has 0 saturated carbocycles. The second-order valence-corrected chi connectivity index (χ2v) is 6.95. The molecule has 0 fully saturated rings. The van der Waals surface area contributed by atoms with E-state index in [0.29, 0.717) is 17.9 Å². The molecule has 0 spiro atoms. The van der Waals surface area contributed by atoms with Gasteiger partial charge in [0, 0.05) is 48.2 Å². The molecule has 2 aromatic heterocycles. The molecule has 1 N–H and O–H groups in total. The number of halogens is 1. The van der Waals surface area contributed by atoms with Gasteiger partial charge in [0.25, 0.3) is 0 Å². The molecule has 2 heterocycles. The molecular formula is C22H24FN3O. The average Bonchev–Trinajstić information content (AvgIpc) is 2.94. The molecule has 0 aliphatic heterocycles. The van der Waals surface area contributed by atoms with Crippen LogP contribution in [-0.2, 0) is 7.05 Å². The Balaban J connectivity index is 1.84. The molecule has 0 atom stereocenters. The molecule has 27 heavy (non-hydrogen) atoms. The third kappa shape index (κ3) is 3.02. The molecule has 0 unspecified atom stereocenters. The molecule has 0 bridgehead atoms. The number of nitrogens with one attached hydrogen (secondary N) is 1. The van der Waals surface area contributed by atoms with Crippen LogP contribution < -0.4 is 10.1 Å². The summed E-state index contributed by atoms with van der Waals surface area (Å²) in [5.74, 6) is 0.305. The van der Waals surface area contributed by atoms with E-state index in [9.17, 15) is 4.39 Å². The van der Waals surface area contributed by atoms with Crippen LogP contribution in [0.3, 0.4) is 0 Å². The van der Waals surface area contributed by atoms with Gasteiger partial charge in [-0.2, -0.15) is 0 Å². The highest BCUT2D eigenvalue weighted by atomic mass is 19.1. The molecule has 4 aromatic rings. The Morgan fingerprint density at radius 2 is 1.93 bits per heavy atom. The van der Waals surface area contributed by atoms with Crippen molar-refractivity contribution in [1.29, 1.82) is 0 Å². The molecule has 0 aliphatic carbocycles. The Hall–Kier alpha value is -2.66. The predicted molar refractivity (Wildman–Crippen MR) is 109 cm³/mol. The van der Waals surface area contributed by atoms with Crippen molar-refractivity contribution in [3.63, 3.8) is 0 Å². The fraction of sp³-hybridized carbons (Fsp3) is 0.318. The molecule has 4 rings (SSSR count). The van der Waals surface area contributed by atoms with Crippen molar-refractivity contribution >= 4 is 32.6 Å². The third-order valence-corrected chi connectivity index (χ3v) is 5.14. The third-order valence-electron chi connectivity index (χ3n) is 5.14. The van der Waals surface area contributed by atoms with Gasteiger partial charge >= 0.3 is 0 Å². The van der Waals surface area contributed by atoms with E-state index in [1.54, 1.807) is 6.20 Å². The fourth-order valence-corrected chi connectivity index (χ4v) is 3.91. The van der Waals surface area contributed by atoms with Gasteiger partial charge in [0.15, 0.2) is 5.82 Å². The van der Waals surface area contributed by atoms with E-state index >= 15 is 0 Å². The summed E-state index contributed by atoms with van der Waals surface area (Å²) < 4.78 is 22.7. The lowest BCUT2D eigenvalue weighted by molar-refractivity contribution is 0.313. The van der Waals surface area contributed by atoms with Crippen molar-refractivity contribution in [2.45, 2.75) is 20.3 Å². The molecular weight excluding hydrogens is 341 g/mol. The second-order valence-electron chi connectivity index (χ2n) is 6.95. The van der Waals surface area contributed by atoms with Crippen molar-refractivity contribution in [1.82, 2.24) is 14.9 Å². The number of rotatable bonds is 6. The minimum atomic E-state index is -0.260. The van der Waals surface area contributed by atoms with E-state index < -0.39 is 0 Å². The Bertz CT molecular complexity index is 1130. The Morgan fingerprint density at radius 1 is 1.11 bits per heavy atom. The maximum absolute atomic E-state index is 14.9. The molecule has 2 aromatic carbocycles. The van der Waals surface area contributed by atoms with Crippen LogP contribution in [0.2, 0.25) is 0 Å². The monoisotopic (exact) mass is 365 g/mol. The molecule has 4 nitrogen and oxygen atoms in total. The van der Waals surface area contributed by atoms with Crippen LogP contribution in [0.25, 0.3) is 32.6 Å². The smallest absolute Gasteiger partial charge is 0.151 e. The first-order valence-electron chi connectivity index (χ1n) is 9.40. The zero-order valence-corrected chi connectivity index (χ0v) is 16.0. The van der Waals surface area contributed by atoms with E-state index in [-0.39, 0.29) is 5.82 Å². The maximum Gasteiger partial charge on any atom is 0.151 e. The predicted octanol–water partition coefficient (Wildman–Crippen LogP) is 4.71. The van der Waals surface area contributed by atoms with Gasteiger partial charge in [0.2, 0.25) is 0 Å². The highest BCUT2D eigenvalue weighted by Crippen LogP contribution is 2.37. The zero-order chi connectivity index (χ0) is 19.0. The summed E-state index contributed by atoms with van der Waals surface area (Å²) in [5, 5.41) is 7.39. The Kier molecular flexibility index (Phi) is 4.70. The lowest BCUT2D eigenvalue weighted by Crippen LogP contribution is -2.21. The number of benzene rings is 2. The van der Waals surface area contributed by atoms with Crippen LogP contribution in [0.5, 0.6) is 5.75 Å². The normalized spacial score (nSPS) is 11.7. The molecule has 5 heteroatoms. The van der Waals surface area contributed by atoms with Crippen molar-refractivity contribution in [3.8, 4) is 5.75 Å². The SMILES string of the molecule is CCCNCCOc1cc(F)c2c(c1)c1cc3cnccc3c(C)c1n2C. The Morgan fingerprint density at radius 3 is 2.74 bits per heavy atom. The van der Waals surface area contributed by atoms with Crippen LogP contribution in [0, 0.1) is 12.7 Å². The summed E-state index contributed by atoms with van der Waals surface area (Å²) in [5.41, 5.74) is 2.78. The van der Waals surface area contributed by atoms with Crippen molar-refractivity contribution in [2.24, 2.45) is 7.05 Å². The number of nitrogens with zero attached hydrogens (tertiary/aromatic N) is 2. The fourth-order valence-electron chi connectivity index (χ4n) is 3.91. The molecule has 140 valence electrons. The van der Waals surface area contributed by atoms with Gasteiger partial charge in [0.05, 0.1) is 11.0 Å². The first-order chi connectivity index (χ1) is 13.1. The number of hydrogen-bond donors (Lipinski definition) is 1. The van der Waals surface area contributed by atoms with E-state index in [4.69, 9.17) is 4.74 Å². The molecule has 0 saturated heterocycles. The lowest BCUT2D eigenvalue weighted by atomic mass is 10.0. The summed E-state index contributed by atoms with van der Waals surface area (Å²) in [4.78, 5) is 4.24. The highest BCUT2D eigenvalue weighted by Gasteiger charge is 2.17. The van der Waals surface area contributed by atoms with Crippen molar-refractivity contribution < 1.29 is 9.13 Å². The van der Waals surface area contributed by atoms with Crippen LogP contribution in [-0.4, -0.2) is 29.2 Å². The van der Waals surface area contributed by atoms with Crippen molar-refractivity contribution in [2.75, 3.05) is 19.7 Å². The first-order valence-corrected chi connectivity index (χ1v) is 9.40. The number of hydrogen-bond acceptors (Lipinski definition) is 3. The van der Waals surface area contributed by atoms with Crippen LogP contribution in [0.1, 0.15) is 18.9 Å². The first kappa shape index (κ1) is 17.7. The largest absolute Gasteiger partial charge is 0.492 e. The van der Waals surface area contributed by atoms with E-state index in [1.807, 2.05) is 29.9 Å². The van der Waals surface area contributed by atoms with Gasteiger partial charge in [-0.25, -0.2) is 4.39 Å². The lowest BCUT2D eigenvalue weighted by Gasteiger charge is -2.08. The quantitative estimate of drug-likeness (QED) is 0.503. The summed E-state index contributed by atoms with van der Waals surface area (Å²) in [6, 6.07) is 7.54. The van der Waals surface area contributed by atoms with E-state index in [1.165, 1.54) is 6.07 Å². The molecule has 0 amide bonds. The zero-order valence-electron chi connectivity index (χ0n) is 16.0. The van der Waals surface area contributed by atoms with Crippen LogP contribution in [0.15, 0.2) is 36.7 Å². The number of fused-ring (bicyclic) bond motifs is 4. The minimum absolute atomic E-state index is 0.260. The maximum atomic E-state index is 14.9. The summed E-state index contributed by atoms with van der Waals surface area (Å²) in [6.45, 7) is 6.43. The standard InChI is InChI=1S/C22H24FN3O/c1-4-6-24-8-9-27-16-11-19-18-10-15-13-25-7-5-17(15)14(2)21(18)26(3)22(19)20(23)12-16/h5,7,10-13,24H,4,6,8-9H2,1-3H3.